The largest absolute Gasteiger partial charge is 0.376 e. The summed E-state index contributed by atoms with van der Waals surface area (Å²) >= 11 is 13.5. The van der Waals surface area contributed by atoms with Crippen LogP contribution in [-0.4, -0.2) is 30.1 Å². The molecule has 1 atom stereocenters. The minimum Gasteiger partial charge on any atom is -0.376 e. The SMILES string of the molecule is O=C(c1cc(Cl)ccc1Cl)N(CC1CCCO1)c1nc2c(F)cccc2s1. The highest BCUT2D eigenvalue weighted by Gasteiger charge is 2.28. The van der Waals surface area contributed by atoms with Crippen LogP contribution in [0.1, 0.15) is 23.2 Å². The van der Waals surface area contributed by atoms with E-state index in [1.54, 1.807) is 24.3 Å². The second-order valence-electron chi connectivity index (χ2n) is 6.26. The quantitative estimate of drug-likeness (QED) is 0.549. The maximum atomic E-state index is 14.1. The third-order valence-electron chi connectivity index (χ3n) is 4.40. The molecular formula is C19H15Cl2FN2O2S. The standard InChI is InChI=1S/C19H15Cl2FN2O2S/c20-11-6-7-14(21)13(9-11)18(25)24(10-12-3-2-8-26-12)19-23-17-15(22)4-1-5-16(17)27-19/h1,4-7,9,12H,2-3,8,10H2. The van der Waals surface area contributed by atoms with Gasteiger partial charge >= 0.3 is 0 Å². The molecule has 1 unspecified atom stereocenters. The highest BCUT2D eigenvalue weighted by molar-refractivity contribution is 7.22. The fourth-order valence-electron chi connectivity index (χ4n) is 3.07. The molecule has 2 heterocycles. The number of thiazole rings is 1. The van der Waals surface area contributed by atoms with Crippen LogP contribution in [0, 0.1) is 5.82 Å². The lowest BCUT2D eigenvalue weighted by Gasteiger charge is -2.23. The van der Waals surface area contributed by atoms with Gasteiger partial charge < -0.3 is 4.74 Å². The molecule has 0 radical (unpaired) electrons. The summed E-state index contributed by atoms with van der Waals surface area (Å²) in [6.45, 7) is 0.988. The summed E-state index contributed by atoms with van der Waals surface area (Å²) in [6.07, 6.45) is 1.70. The van der Waals surface area contributed by atoms with E-state index in [-0.39, 0.29) is 23.1 Å². The van der Waals surface area contributed by atoms with Crippen molar-refractivity contribution in [1.29, 1.82) is 0 Å². The molecule has 1 fully saturated rings. The van der Waals surface area contributed by atoms with Gasteiger partial charge in [-0.15, -0.1) is 0 Å². The van der Waals surface area contributed by atoms with Gasteiger partial charge in [-0.05, 0) is 43.2 Å². The Morgan fingerprint density at radius 1 is 1.33 bits per heavy atom. The Balaban J connectivity index is 1.76. The number of anilines is 1. The average Bonchev–Trinajstić information content (AvgIpc) is 3.31. The van der Waals surface area contributed by atoms with Crippen LogP contribution in [0.3, 0.4) is 0 Å². The van der Waals surface area contributed by atoms with Gasteiger partial charge in [0.2, 0.25) is 0 Å². The first-order valence-electron chi connectivity index (χ1n) is 8.46. The van der Waals surface area contributed by atoms with E-state index in [0.717, 1.165) is 12.8 Å². The molecule has 1 saturated heterocycles. The molecule has 2 aromatic carbocycles. The number of rotatable bonds is 4. The van der Waals surface area contributed by atoms with Gasteiger partial charge in [0.15, 0.2) is 5.13 Å². The third-order valence-corrected chi connectivity index (χ3v) is 6.01. The van der Waals surface area contributed by atoms with E-state index in [1.807, 2.05) is 0 Å². The smallest absolute Gasteiger partial charge is 0.261 e. The predicted octanol–water partition coefficient (Wildman–Crippen LogP) is 5.57. The monoisotopic (exact) mass is 424 g/mol. The summed E-state index contributed by atoms with van der Waals surface area (Å²) in [5.41, 5.74) is 0.529. The normalized spacial score (nSPS) is 16.8. The molecule has 27 heavy (non-hydrogen) atoms. The Morgan fingerprint density at radius 3 is 2.93 bits per heavy atom. The summed E-state index contributed by atoms with van der Waals surface area (Å²) in [4.78, 5) is 19.1. The van der Waals surface area contributed by atoms with E-state index in [0.29, 0.717) is 33.0 Å². The molecule has 140 valence electrons. The van der Waals surface area contributed by atoms with Crippen molar-refractivity contribution in [2.75, 3.05) is 18.1 Å². The Morgan fingerprint density at radius 2 is 2.19 bits per heavy atom. The van der Waals surface area contributed by atoms with E-state index >= 15 is 0 Å². The van der Waals surface area contributed by atoms with Gasteiger partial charge in [-0.25, -0.2) is 9.37 Å². The third kappa shape index (κ3) is 3.80. The highest BCUT2D eigenvalue weighted by atomic mass is 35.5. The number of amides is 1. The number of nitrogens with zero attached hydrogens (tertiary/aromatic N) is 2. The number of fused-ring (bicyclic) bond motifs is 1. The molecule has 0 N–H and O–H groups in total. The average molecular weight is 425 g/mol. The van der Waals surface area contributed by atoms with Gasteiger partial charge in [-0.3, -0.25) is 9.69 Å². The summed E-state index contributed by atoms with van der Waals surface area (Å²) in [5.74, 6) is -0.752. The number of carbonyl (C=O) groups excluding carboxylic acids is 1. The zero-order valence-corrected chi connectivity index (χ0v) is 16.5. The minimum atomic E-state index is -0.416. The first kappa shape index (κ1) is 18.6. The van der Waals surface area contributed by atoms with E-state index in [9.17, 15) is 9.18 Å². The molecule has 0 spiro atoms. The molecule has 1 aliphatic rings. The second-order valence-corrected chi connectivity index (χ2v) is 8.11. The molecule has 1 amide bonds. The maximum Gasteiger partial charge on any atom is 0.261 e. The number of halogens is 3. The van der Waals surface area contributed by atoms with Crippen molar-refractivity contribution in [2.45, 2.75) is 18.9 Å². The Bertz CT molecular complexity index is 1000. The van der Waals surface area contributed by atoms with E-state index in [2.05, 4.69) is 4.98 Å². The van der Waals surface area contributed by atoms with Crippen LogP contribution in [0.2, 0.25) is 10.0 Å². The summed E-state index contributed by atoms with van der Waals surface area (Å²) in [7, 11) is 0. The molecule has 4 nitrogen and oxygen atoms in total. The fraction of sp³-hybridized carbons (Fsp3) is 0.263. The van der Waals surface area contributed by atoms with Gasteiger partial charge in [-0.2, -0.15) is 0 Å². The molecular weight excluding hydrogens is 410 g/mol. The highest BCUT2D eigenvalue weighted by Crippen LogP contribution is 2.33. The zero-order chi connectivity index (χ0) is 19.0. The van der Waals surface area contributed by atoms with Gasteiger partial charge in [0, 0.05) is 11.6 Å². The molecule has 1 aliphatic heterocycles. The Labute approximate surface area is 169 Å². The predicted molar refractivity (Wildman–Crippen MR) is 107 cm³/mol. The van der Waals surface area contributed by atoms with Crippen molar-refractivity contribution in [1.82, 2.24) is 4.98 Å². The fourth-order valence-corrected chi connectivity index (χ4v) is 4.42. The lowest BCUT2D eigenvalue weighted by Crippen LogP contribution is -2.37. The Hall–Kier alpha value is -1.73. The molecule has 3 aromatic rings. The summed E-state index contributed by atoms with van der Waals surface area (Å²) in [6, 6.07) is 9.49. The van der Waals surface area contributed by atoms with Crippen molar-refractivity contribution in [3.63, 3.8) is 0 Å². The first-order chi connectivity index (χ1) is 13.0. The van der Waals surface area contributed by atoms with Crippen molar-refractivity contribution in [3.05, 3.63) is 57.8 Å². The molecule has 0 bridgehead atoms. The zero-order valence-electron chi connectivity index (χ0n) is 14.1. The maximum absolute atomic E-state index is 14.1. The molecule has 8 heteroatoms. The van der Waals surface area contributed by atoms with Crippen LogP contribution in [0.15, 0.2) is 36.4 Å². The number of benzene rings is 2. The lowest BCUT2D eigenvalue weighted by molar-refractivity contribution is 0.0917. The number of carbonyl (C=O) groups is 1. The number of aromatic nitrogens is 1. The van der Waals surface area contributed by atoms with Crippen LogP contribution in [0.4, 0.5) is 9.52 Å². The molecule has 1 aromatic heterocycles. The topological polar surface area (TPSA) is 42.4 Å². The molecule has 0 saturated carbocycles. The van der Waals surface area contributed by atoms with Gasteiger partial charge in [0.05, 0.1) is 27.9 Å². The van der Waals surface area contributed by atoms with Crippen molar-refractivity contribution in [3.8, 4) is 0 Å². The van der Waals surface area contributed by atoms with E-state index < -0.39 is 5.82 Å². The lowest BCUT2D eigenvalue weighted by atomic mass is 10.1. The number of hydrogen-bond donors (Lipinski definition) is 0. The number of ether oxygens (including phenoxy) is 1. The van der Waals surface area contributed by atoms with E-state index in [4.69, 9.17) is 27.9 Å². The van der Waals surface area contributed by atoms with Crippen LogP contribution in [0.25, 0.3) is 10.2 Å². The van der Waals surface area contributed by atoms with Crippen LogP contribution < -0.4 is 4.90 Å². The van der Waals surface area contributed by atoms with Gasteiger partial charge in [0.25, 0.3) is 5.91 Å². The van der Waals surface area contributed by atoms with Gasteiger partial charge in [0.1, 0.15) is 11.3 Å². The molecule has 4 rings (SSSR count). The first-order valence-corrected chi connectivity index (χ1v) is 10.0. The van der Waals surface area contributed by atoms with Crippen molar-refractivity contribution >= 4 is 55.8 Å². The Kier molecular flexibility index (Phi) is 5.32. The van der Waals surface area contributed by atoms with Gasteiger partial charge in [-0.1, -0.05) is 40.6 Å². The minimum absolute atomic E-state index is 0.0937. The van der Waals surface area contributed by atoms with Crippen LogP contribution in [-0.2, 0) is 4.74 Å². The second kappa shape index (κ2) is 7.72. The number of hydrogen-bond acceptors (Lipinski definition) is 4. The summed E-state index contributed by atoms with van der Waals surface area (Å²) < 4.78 is 20.5. The van der Waals surface area contributed by atoms with Crippen molar-refractivity contribution < 1.29 is 13.9 Å². The van der Waals surface area contributed by atoms with Crippen LogP contribution >= 0.6 is 34.5 Å². The van der Waals surface area contributed by atoms with E-state index in [1.165, 1.54) is 28.4 Å². The number of para-hydroxylation sites is 1. The van der Waals surface area contributed by atoms with Crippen molar-refractivity contribution in [2.24, 2.45) is 0 Å². The summed E-state index contributed by atoms with van der Waals surface area (Å²) in [5, 5.41) is 1.12. The molecule has 0 aliphatic carbocycles. The van der Waals surface area contributed by atoms with Crippen LogP contribution in [0.5, 0.6) is 0 Å².